The molecule has 2 aliphatic heterocycles. The molecule has 4 heterocycles. The highest BCUT2D eigenvalue weighted by atomic mass is 32.1. The molecule has 2 saturated heterocycles. The van der Waals surface area contributed by atoms with Crippen molar-refractivity contribution in [3.8, 4) is 0 Å². The van der Waals surface area contributed by atoms with Crippen molar-refractivity contribution in [3.05, 3.63) is 46.2 Å². The fourth-order valence-corrected chi connectivity index (χ4v) is 4.50. The summed E-state index contributed by atoms with van der Waals surface area (Å²) in [5.74, 6) is -4.89. The summed E-state index contributed by atoms with van der Waals surface area (Å²) in [5.41, 5.74) is 2.35. The van der Waals surface area contributed by atoms with Crippen LogP contribution >= 0.6 is 11.3 Å². The Labute approximate surface area is 224 Å². The van der Waals surface area contributed by atoms with Gasteiger partial charge in [0.15, 0.2) is 0 Å². The van der Waals surface area contributed by atoms with E-state index in [4.69, 9.17) is 24.5 Å². The van der Waals surface area contributed by atoms with Crippen molar-refractivity contribution in [2.45, 2.75) is 44.9 Å². The lowest BCUT2D eigenvalue weighted by atomic mass is 9.93. The number of fused-ring (bicyclic) bond motifs is 1. The van der Waals surface area contributed by atoms with Crippen LogP contribution in [0.1, 0.15) is 22.8 Å². The molecular weight excluding hydrogens is 558 g/mol. The zero-order valence-corrected chi connectivity index (χ0v) is 21.6. The first-order valence-electron chi connectivity index (χ1n) is 11.6. The molecule has 2 atom stereocenters. The van der Waals surface area contributed by atoms with Gasteiger partial charge in [0.1, 0.15) is 0 Å². The number of hydrogen-bond donors (Lipinski definition) is 2. The van der Waals surface area contributed by atoms with Gasteiger partial charge < -0.3 is 14.9 Å². The Morgan fingerprint density at radius 2 is 1.59 bits per heavy atom. The molecule has 0 spiro atoms. The Kier molecular flexibility index (Phi) is 12.1. The summed E-state index contributed by atoms with van der Waals surface area (Å²) < 4.78 is 69.7. The summed E-state index contributed by atoms with van der Waals surface area (Å²) in [6.45, 7) is 9.05. The molecule has 0 aliphatic carbocycles. The quantitative estimate of drug-likeness (QED) is 0.516. The Balaban J connectivity index is 0.000000317. The van der Waals surface area contributed by atoms with Gasteiger partial charge in [-0.05, 0) is 32.0 Å². The lowest BCUT2D eigenvalue weighted by Gasteiger charge is -2.37. The number of pyridine rings is 1. The van der Waals surface area contributed by atoms with E-state index >= 15 is 0 Å². The van der Waals surface area contributed by atoms with Crippen LogP contribution in [0.4, 0.5) is 26.3 Å². The molecule has 0 saturated carbocycles. The van der Waals surface area contributed by atoms with E-state index in [1.54, 1.807) is 11.3 Å². The predicted octanol–water partition coefficient (Wildman–Crippen LogP) is 3.84. The average Bonchev–Trinajstić information content (AvgIpc) is 3.14. The first-order chi connectivity index (χ1) is 18.1. The average molecular weight is 587 g/mol. The van der Waals surface area contributed by atoms with E-state index < -0.39 is 24.3 Å². The highest BCUT2D eigenvalue weighted by Gasteiger charge is 2.39. The molecule has 2 aromatic rings. The summed E-state index contributed by atoms with van der Waals surface area (Å²) in [5, 5.41) is 17.6. The molecule has 0 amide bonds. The largest absolute Gasteiger partial charge is 0.490 e. The normalized spacial score (nSPS) is 20.4. The van der Waals surface area contributed by atoms with Gasteiger partial charge in [-0.15, -0.1) is 11.3 Å². The van der Waals surface area contributed by atoms with E-state index in [9.17, 15) is 26.3 Å². The van der Waals surface area contributed by atoms with Gasteiger partial charge in [0.2, 0.25) is 0 Å². The second kappa shape index (κ2) is 14.5. The summed E-state index contributed by atoms with van der Waals surface area (Å²) >= 11 is 1.74. The zero-order valence-electron chi connectivity index (χ0n) is 20.8. The van der Waals surface area contributed by atoms with Crippen molar-refractivity contribution < 1.29 is 50.9 Å². The molecule has 2 aromatic heterocycles. The molecule has 16 heteroatoms. The van der Waals surface area contributed by atoms with Gasteiger partial charge in [0.25, 0.3) is 0 Å². The van der Waals surface area contributed by atoms with Crippen molar-refractivity contribution in [1.82, 2.24) is 19.8 Å². The molecule has 2 aliphatic rings. The van der Waals surface area contributed by atoms with Crippen LogP contribution in [-0.2, 0) is 27.4 Å². The lowest BCUT2D eigenvalue weighted by molar-refractivity contribution is -0.193. The Hall–Kier alpha value is -2.82. The van der Waals surface area contributed by atoms with Gasteiger partial charge in [0.05, 0.1) is 29.1 Å². The second-order valence-corrected chi connectivity index (χ2v) is 9.78. The van der Waals surface area contributed by atoms with Crippen LogP contribution in [0.2, 0.25) is 0 Å². The minimum atomic E-state index is -5.08. The number of nitrogens with zero attached hydrogens (tertiary/aromatic N) is 4. The first kappa shape index (κ1) is 32.4. The number of halogens is 6. The van der Waals surface area contributed by atoms with Crippen LogP contribution < -0.4 is 0 Å². The summed E-state index contributed by atoms with van der Waals surface area (Å²) in [7, 11) is 0. The highest BCUT2D eigenvalue weighted by molar-refractivity contribution is 7.09. The van der Waals surface area contributed by atoms with E-state index in [0.717, 1.165) is 56.6 Å². The summed E-state index contributed by atoms with van der Waals surface area (Å²) in [4.78, 5) is 31.9. The molecule has 9 nitrogen and oxygen atoms in total. The van der Waals surface area contributed by atoms with Crippen LogP contribution in [0.3, 0.4) is 0 Å². The SMILES string of the molecule is Cc1nc(CN2CCO[C@@H]3CN(Cc4ccccn4)CC[C@@H]3C2)cs1.O=C(O)C(F)(F)F.O=C(O)C(F)(F)F. The minimum Gasteiger partial charge on any atom is -0.475 e. The van der Waals surface area contributed by atoms with Gasteiger partial charge in [-0.2, -0.15) is 26.3 Å². The predicted molar refractivity (Wildman–Crippen MR) is 127 cm³/mol. The van der Waals surface area contributed by atoms with Crippen LogP contribution in [0.25, 0.3) is 0 Å². The third-order valence-electron chi connectivity index (χ3n) is 5.66. The number of carboxylic acids is 2. The number of carboxylic acid groups (broad SMARTS) is 2. The van der Waals surface area contributed by atoms with Gasteiger partial charge in [-0.1, -0.05) is 6.07 Å². The van der Waals surface area contributed by atoms with Crippen molar-refractivity contribution in [1.29, 1.82) is 0 Å². The number of carbonyl (C=O) groups is 2. The molecule has 4 rings (SSSR count). The van der Waals surface area contributed by atoms with E-state index in [2.05, 4.69) is 44.2 Å². The van der Waals surface area contributed by atoms with Crippen molar-refractivity contribution in [3.63, 3.8) is 0 Å². The van der Waals surface area contributed by atoms with Gasteiger partial charge in [-0.25, -0.2) is 14.6 Å². The molecule has 2 fully saturated rings. The standard InChI is InChI=1S/C19H26N4OS.2C2HF3O2/c1-15-21-18(14-25-15)12-23-8-9-24-19-13-22(7-5-16(19)10-23)11-17-4-2-3-6-20-17;2*3-2(4,5)1(6)7/h2-4,6,14,16,19H,5,7-13H2,1H3;2*(H,6,7)/t16-,19-;;/m1../s1. The zero-order chi connectivity index (χ0) is 29.2. The molecule has 0 unspecified atom stereocenters. The Morgan fingerprint density at radius 3 is 2.10 bits per heavy atom. The van der Waals surface area contributed by atoms with E-state index in [-0.39, 0.29) is 0 Å². The number of piperidine rings is 1. The van der Waals surface area contributed by atoms with E-state index in [1.807, 2.05) is 12.3 Å². The maximum absolute atomic E-state index is 10.6. The van der Waals surface area contributed by atoms with Crippen molar-refractivity contribution >= 4 is 23.3 Å². The minimum absolute atomic E-state index is 0.347. The molecule has 39 heavy (non-hydrogen) atoms. The third-order valence-corrected chi connectivity index (χ3v) is 6.48. The van der Waals surface area contributed by atoms with Crippen molar-refractivity contribution in [2.24, 2.45) is 5.92 Å². The number of aromatic nitrogens is 2. The molecule has 218 valence electrons. The van der Waals surface area contributed by atoms with Crippen molar-refractivity contribution in [2.75, 3.05) is 32.8 Å². The number of aliphatic carboxylic acids is 2. The van der Waals surface area contributed by atoms with Gasteiger partial charge in [0, 0.05) is 50.2 Å². The number of alkyl halides is 6. The highest BCUT2D eigenvalue weighted by Crippen LogP contribution is 2.26. The van der Waals surface area contributed by atoms with E-state index in [1.165, 1.54) is 12.1 Å². The maximum Gasteiger partial charge on any atom is 0.490 e. The van der Waals surface area contributed by atoms with E-state index in [0.29, 0.717) is 12.0 Å². The topological polar surface area (TPSA) is 116 Å². The summed E-state index contributed by atoms with van der Waals surface area (Å²) in [6, 6.07) is 6.15. The maximum atomic E-state index is 10.6. The van der Waals surface area contributed by atoms with Gasteiger partial charge in [-0.3, -0.25) is 14.8 Å². The number of aryl methyl sites for hydroxylation is 1. The van der Waals surface area contributed by atoms with Crippen LogP contribution in [0.15, 0.2) is 29.8 Å². The number of ether oxygens (including phenoxy) is 1. The smallest absolute Gasteiger partial charge is 0.475 e. The Morgan fingerprint density at radius 1 is 1.00 bits per heavy atom. The number of likely N-dealkylation sites (tertiary alicyclic amines) is 1. The second-order valence-electron chi connectivity index (χ2n) is 8.71. The van der Waals surface area contributed by atoms with Gasteiger partial charge >= 0.3 is 24.3 Å². The number of hydrogen-bond acceptors (Lipinski definition) is 8. The van der Waals surface area contributed by atoms with Crippen LogP contribution in [-0.4, -0.2) is 93.2 Å². The monoisotopic (exact) mass is 586 g/mol. The fraction of sp³-hybridized carbons (Fsp3) is 0.565. The first-order valence-corrected chi connectivity index (χ1v) is 12.5. The lowest BCUT2D eigenvalue weighted by Crippen LogP contribution is -2.46. The number of rotatable bonds is 4. The van der Waals surface area contributed by atoms with Crippen LogP contribution in [0.5, 0.6) is 0 Å². The molecule has 2 N–H and O–H groups in total. The molecule has 0 bridgehead atoms. The molecular formula is C23H28F6N4O5S. The fourth-order valence-electron chi connectivity index (χ4n) is 3.90. The molecule has 0 radical (unpaired) electrons. The Bertz CT molecular complexity index is 1030. The number of thiazole rings is 1. The third kappa shape index (κ3) is 11.8. The summed E-state index contributed by atoms with van der Waals surface area (Å²) in [6.07, 6.45) is -6.74. The molecule has 0 aromatic carbocycles. The van der Waals surface area contributed by atoms with Crippen LogP contribution in [0, 0.1) is 12.8 Å².